The summed E-state index contributed by atoms with van der Waals surface area (Å²) in [5, 5.41) is 0. The van der Waals surface area contributed by atoms with Crippen molar-refractivity contribution < 1.29 is 9.53 Å². The summed E-state index contributed by atoms with van der Waals surface area (Å²) in [4.78, 5) is 12.4. The summed E-state index contributed by atoms with van der Waals surface area (Å²) in [6, 6.07) is 10.4. The highest BCUT2D eigenvalue weighted by Crippen LogP contribution is 2.21. The lowest BCUT2D eigenvalue weighted by molar-refractivity contribution is -0.145. The zero-order chi connectivity index (χ0) is 25.9. The fourth-order valence-electron chi connectivity index (χ4n) is 5.16. The van der Waals surface area contributed by atoms with Gasteiger partial charge in [0.2, 0.25) is 0 Å². The number of carbonyl (C=O) groups is 1. The van der Waals surface area contributed by atoms with Crippen molar-refractivity contribution >= 4 is 5.97 Å². The van der Waals surface area contributed by atoms with Crippen LogP contribution < -0.4 is 0 Å². The first kappa shape index (κ1) is 32.7. The molecule has 1 aromatic carbocycles. The van der Waals surface area contributed by atoms with E-state index in [-0.39, 0.29) is 5.97 Å². The van der Waals surface area contributed by atoms with Crippen molar-refractivity contribution in [2.24, 2.45) is 5.92 Å². The molecule has 0 fully saturated rings. The molecule has 36 heavy (non-hydrogen) atoms. The van der Waals surface area contributed by atoms with Gasteiger partial charge in [0.25, 0.3) is 0 Å². The summed E-state index contributed by atoms with van der Waals surface area (Å²) < 4.78 is 5.77. The molecule has 2 nitrogen and oxygen atoms in total. The molecule has 0 aliphatic rings. The van der Waals surface area contributed by atoms with E-state index >= 15 is 0 Å². The quantitative estimate of drug-likeness (QED) is 0.0933. The first-order valence-electron chi connectivity index (χ1n) is 16.0. The Labute approximate surface area is 225 Å². The van der Waals surface area contributed by atoms with Crippen molar-refractivity contribution in [2.75, 3.05) is 6.61 Å². The van der Waals surface area contributed by atoms with E-state index < -0.39 is 0 Å². The Bertz CT molecular complexity index is 582. The molecule has 0 aromatic heterocycles. The first-order chi connectivity index (χ1) is 17.8. The predicted molar refractivity (Wildman–Crippen MR) is 158 cm³/mol. The van der Waals surface area contributed by atoms with Crippen LogP contribution in [0.2, 0.25) is 0 Å². The molecular weight excluding hydrogens is 440 g/mol. The van der Waals surface area contributed by atoms with Gasteiger partial charge < -0.3 is 4.74 Å². The topological polar surface area (TPSA) is 26.3 Å². The van der Waals surface area contributed by atoms with E-state index in [0.717, 1.165) is 12.8 Å². The summed E-state index contributed by atoms with van der Waals surface area (Å²) in [6.07, 6.45) is 29.5. The molecule has 0 aliphatic heterocycles. The van der Waals surface area contributed by atoms with Gasteiger partial charge in [-0.05, 0) is 37.2 Å². The highest BCUT2D eigenvalue weighted by molar-refractivity contribution is 5.69. The number of ether oxygens (including phenoxy) is 1. The SMILES string of the molecule is CCCCCCCCCCCCC(CCCCCCCCCC)COC(=O)CCCc1ccccc1. The van der Waals surface area contributed by atoms with Crippen LogP contribution in [0.1, 0.15) is 161 Å². The molecule has 0 saturated carbocycles. The summed E-state index contributed by atoms with van der Waals surface area (Å²) >= 11 is 0. The largest absolute Gasteiger partial charge is 0.465 e. The van der Waals surface area contributed by atoms with E-state index in [1.54, 1.807) is 0 Å². The van der Waals surface area contributed by atoms with Crippen LogP contribution in [0.3, 0.4) is 0 Å². The van der Waals surface area contributed by atoms with E-state index in [4.69, 9.17) is 4.74 Å². The summed E-state index contributed by atoms with van der Waals surface area (Å²) in [6.45, 7) is 5.21. The average Bonchev–Trinajstić information content (AvgIpc) is 2.90. The minimum atomic E-state index is -0.00470. The Hall–Kier alpha value is -1.31. The van der Waals surface area contributed by atoms with Crippen molar-refractivity contribution in [3.8, 4) is 0 Å². The minimum Gasteiger partial charge on any atom is -0.465 e. The predicted octanol–water partition coefficient (Wildman–Crippen LogP) is 11.0. The lowest BCUT2D eigenvalue weighted by atomic mass is 9.94. The Kier molecular flexibility index (Phi) is 23.0. The highest BCUT2D eigenvalue weighted by Gasteiger charge is 2.12. The lowest BCUT2D eigenvalue weighted by Crippen LogP contribution is -2.14. The normalized spacial score (nSPS) is 12.1. The molecule has 1 aromatic rings. The Balaban J connectivity index is 2.20. The van der Waals surface area contributed by atoms with Gasteiger partial charge in [-0.2, -0.15) is 0 Å². The number of unbranched alkanes of at least 4 members (excludes halogenated alkanes) is 16. The van der Waals surface area contributed by atoms with Gasteiger partial charge in [-0.3, -0.25) is 4.79 Å². The number of hydrogen-bond donors (Lipinski definition) is 0. The van der Waals surface area contributed by atoms with Gasteiger partial charge in [0.05, 0.1) is 6.61 Å². The van der Waals surface area contributed by atoms with Gasteiger partial charge in [0.15, 0.2) is 0 Å². The zero-order valence-corrected chi connectivity index (χ0v) is 24.3. The third-order valence-corrected chi connectivity index (χ3v) is 7.60. The van der Waals surface area contributed by atoms with Crippen LogP contribution in [0.5, 0.6) is 0 Å². The number of benzene rings is 1. The maximum absolute atomic E-state index is 12.4. The molecule has 208 valence electrons. The standard InChI is InChI=1S/C34H60O2/c1-3-5-7-9-11-13-14-16-18-21-28-33(27-20-17-15-12-10-8-6-4-2)31-36-34(35)30-24-29-32-25-22-19-23-26-32/h19,22-23,25-26,33H,3-18,20-21,24,27-31H2,1-2H3. The van der Waals surface area contributed by atoms with E-state index in [2.05, 4.69) is 38.1 Å². The Morgan fingerprint density at radius 1 is 0.611 bits per heavy atom. The molecule has 1 unspecified atom stereocenters. The highest BCUT2D eigenvalue weighted by atomic mass is 16.5. The molecule has 1 rings (SSSR count). The van der Waals surface area contributed by atoms with Crippen LogP contribution in [0.15, 0.2) is 30.3 Å². The molecule has 0 saturated heterocycles. The molecule has 0 radical (unpaired) electrons. The van der Waals surface area contributed by atoms with Gasteiger partial charge in [-0.25, -0.2) is 0 Å². The van der Waals surface area contributed by atoms with E-state index in [1.807, 2.05) is 6.07 Å². The van der Waals surface area contributed by atoms with Gasteiger partial charge in [-0.15, -0.1) is 0 Å². The fraction of sp³-hybridized carbons (Fsp3) is 0.794. The van der Waals surface area contributed by atoms with E-state index in [9.17, 15) is 4.79 Å². The van der Waals surface area contributed by atoms with Gasteiger partial charge in [0, 0.05) is 6.42 Å². The third-order valence-electron chi connectivity index (χ3n) is 7.60. The van der Waals surface area contributed by atoms with Crippen molar-refractivity contribution in [1.29, 1.82) is 0 Å². The molecule has 1 atom stereocenters. The van der Waals surface area contributed by atoms with Gasteiger partial charge >= 0.3 is 5.97 Å². The van der Waals surface area contributed by atoms with Crippen molar-refractivity contribution in [2.45, 2.75) is 162 Å². The second kappa shape index (κ2) is 25.3. The number of rotatable bonds is 26. The molecule has 2 heteroatoms. The lowest BCUT2D eigenvalue weighted by Gasteiger charge is -2.17. The second-order valence-corrected chi connectivity index (χ2v) is 11.1. The van der Waals surface area contributed by atoms with Crippen LogP contribution >= 0.6 is 0 Å². The summed E-state index contributed by atoms with van der Waals surface area (Å²) in [7, 11) is 0. The number of aryl methyl sites for hydroxylation is 1. The molecule has 0 bridgehead atoms. The summed E-state index contributed by atoms with van der Waals surface area (Å²) in [5.74, 6) is 0.548. The van der Waals surface area contributed by atoms with Crippen molar-refractivity contribution in [3.05, 3.63) is 35.9 Å². The van der Waals surface area contributed by atoms with Crippen LogP contribution in [0.25, 0.3) is 0 Å². The molecule has 0 spiro atoms. The molecular formula is C34H60O2. The number of esters is 1. The zero-order valence-electron chi connectivity index (χ0n) is 24.3. The molecule has 0 aliphatic carbocycles. The van der Waals surface area contributed by atoms with E-state index in [0.29, 0.717) is 18.9 Å². The van der Waals surface area contributed by atoms with Crippen molar-refractivity contribution in [1.82, 2.24) is 0 Å². The number of hydrogen-bond acceptors (Lipinski definition) is 2. The smallest absolute Gasteiger partial charge is 0.305 e. The van der Waals surface area contributed by atoms with Crippen LogP contribution in [-0.2, 0) is 16.0 Å². The fourth-order valence-corrected chi connectivity index (χ4v) is 5.16. The Morgan fingerprint density at radius 3 is 1.53 bits per heavy atom. The second-order valence-electron chi connectivity index (χ2n) is 11.1. The summed E-state index contributed by atoms with van der Waals surface area (Å²) in [5.41, 5.74) is 1.30. The van der Waals surface area contributed by atoms with E-state index in [1.165, 1.54) is 134 Å². The third kappa shape index (κ3) is 20.8. The minimum absolute atomic E-state index is 0.00470. The van der Waals surface area contributed by atoms with Crippen molar-refractivity contribution in [3.63, 3.8) is 0 Å². The molecule has 0 N–H and O–H groups in total. The molecule has 0 amide bonds. The van der Waals surface area contributed by atoms with Crippen LogP contribution in [0.4, 0.5) is 0 Å². The monoisotopic (exact) mass is 500 g/mol. The van der Waals surface area contributed by atoms with Gasteiger partial charge in [-0.1, -0.05) is 160 Å². The van der Waals surface area contributed by atoms with Crippen LogP contribution in [0, 0.1) is 5.92 Å². The Morgan fingerprint density at radius 2 is 1.06 bits per heavy atom. The maximum atomic E-state index is 12.4. The maximum Gasteiger partial charge on any atom is 0.305 e. The molecule has 0 heterocycles. The average molecular weight is 501 g/mol. The number of carbonyl (C=O) groups excluding carboxylic acids is 1. The first-order valence-corrected chi connectivity index (χ1v) is 16.0. The van der Waals surface area contributed by atoms with Gasteiger partial charge in [0.1, 0.15) is 0 Å². The van der Waals surface area contributed by atoms with Crippen LogP contribution in [-0.4, -0.2) is 12.6 Å².